The van der Waals surface area contributed by atoms with Gasteiger partial charge in [-0.15, -0.1) is 0 Å². The average molecular weight is 519 g/mol. The zero-order chi connectivity index (χ0) is 27.2. The summed E-state index contributed by atoms with van der Waals surface area (Å²) < 4.78 is 2.25. The Labute approximate surface area is 225 Å². The SMILES string of the molecule is C[C@H](C1CCC1)N(C)c1nc(C(=O)O)nc2nc(-c3cc(C(C)(C)C)ccn3)n(C[C@H]3CC[C@H](C)CC3)c12. The Morgan fingerprint density at radius 2 is 1.84 bits per heavy atom. The van der Waals surface area contributed by atoms with E-state index in [-0.39, 0.29) is 17.3 Å². The second kappa shape index (κ2) is 10.3. The number of aromatic nitrogens is 5. The number of carbonyl (C=O) groups is 1. The molecule has 204 valence electrons. The van der Waals surface area contributed by atoms with Crippen molar-refractivity contribution in [1.29, 1.82) is 0 Å². The summed E-state index contributed by atoms with van der Waals surface area (Å²) in [6, 6.07) is 4.42. The number of rotatable bonds is 7. The normalized spacial score (nSPS) is 21.3. The van der Waals surface area contributed by atoms with Crippen molar-refractivity contribution in [3.8, 4) is 11.5 Å². The van der Waals surface area contributed by atoms with E-state index in [1.807, 2.05) is 13.2 Å². The Morgan fingerprint density at radius 1 is 1.13 bits per heavy atom. The van der Waals surface area contributed by atoms with Crippen molar-refractivity contribution in [1.82, 2.24) is 24.5 Å². The van der Waals surface area contributed by atoms with E-state index in [2.05, 4.69) is 66.2 Å². The van der Waals surface area contributed by atoms with Crippen LogP contribution in [0.1, 0.15) is 95.7 Å². The summed E-state index contributed by atoms with van der Waals surface area (Å²) >= 11 is 0. The molecule has 38 heavy (non-hydrogen) atoms. The molecule has 0 saturated heterocycles. The number of aromatic carboxylic acids is 1. The Hall–Kier alpha value is -3.03. The number of carboxylic acid groups (broad SMARTS) is 1. The van der Waals surface area contributed by atoms with Crippen LogP contribution in [0.2, 0.25) is 0 Å². The van der Waals surface area contributed by atoms with Crippen molar-refractivity contribution in [3.05, 3.63) is 29.7 Å². The minimum absolute atomic E-state index is 0.0338. The zero-order valence-electron chi connectivity index (χ0n) is 23.7. The summed E-state index contributed by atoms with van der Waals surface area (Å²) in [6.45, 7) is 11.9. The maximum Gasteiger partial charge on any atom is 0.374 e. The van der Waals surface area contributed by atoms with Crippen LogP contribution < -0.4 is 4.90 Å². The lowest BCUT2D eigenvalue weighted by atomic mass is 9.80. The van der Waals surface area contributed by atoms with Gasteiger partial charge in [-0.3, -0.25) is 4.98 Å². The van der Waals surface area contributed by atoms with Gasteiger partial charge in [0.25, 0.3) is 0 Å². The summed E-state index contributed by atoms with van der Waals surface area (Å²) in [6.07, 6.45) is 10.3. The fourth-order valence-electron chi connectivity index (χ4n) is 5.95. The number of pyridine rings is 1. The third-order valence-electron chi connectivity index (χ3n) is 8.98. The molecule has 8 heteroatoms. The first-order valence-corrected chi connectivity index (χ1v) is 14.2. The zero-order valence-corrected chi connectivity index (χ0v) is 23.7. The molecule has 0 unspecified atom stereocenters. The highest BCUT2D eigenvalue weighted by molar-refractivity contribution is 5.92. The number of anilines is 1. The minimum Gasteiger partial charge on any atom is -0.475 e. The first-order valence-electron chi connectivity index (χ1n) is 14.2. The van der Waals surface area contributed by atoms with E-state index in [9.17, 15) is 9.90 Å². The Bertz CT molecular complexity index is 1310. The lowest BCUT2D eigenvalue weighted by Crippen LogP contribution is -2.39. The fourth-order valence-corrected chi connectivity index (χ4v) is 5.95. The van der Waals surface area contributed by atoms with Crippen molar-refractivity contribution in [2.24, 2.45) is 17.8 Å². The maximum atomic E-state index is 12.1. The summed E-state index contributed by atoms with van der Waals surface area (Å²) in [4.78, 5) is 33.0. The number of imidazole rings is 1. The number of nitrogens with zero attached hydrogens (tertiary/aromatic N) is 6. The minimum atomic E-state index is -1.14. The van der Waals surface area contributed by atoms with Crippen molar-refractivity contribution in [2.75, 3.05) is 11.9 Å². The highest BCUT2D eigenvalue weighted by atomic mass is 16.4. The number of hydrogen-bond acceptors (Lipinski definition) is 6. The van der Waals surface area contributed by atoms with Gasteiger partial charge >= 0.3 is 5.97 Å². The molecule has 0 bridgehead atoms. The van der Waals surface area contributed by atoms with Gasteiger partial charge in [-0.1, -0.05) is 47.0 Å². The van der Waals surface area contributed by atoms with Crippen molar-refractivity contribution in [3.63, 3.8) is 0 Å². The molecule has 1 atom stereocenters. The molecule has 5 rings (SSSR count). The van der Waals surface area contributed by atoms with Gasteiger partial charge < -0.3 is 14.6 Å². The molecule has 1 N–H and O–H groups in total. The van der Waals surface area contributed by atoms with E-state index < -0.39 is 5.97 Å². The second-order valence-corrected chi connectivity index (χ2v) is 12.7. The Kier molecular flexibility index (Phi) is 7.18. The highest BCUT2D eigenvalue weighted by Gasteiger charge is 2.32. The van der Waals surface area contributed by atoms with E-state index >= 15 is 0 Å². The number of fused-ring (bicyclic) bond motifs is 1. The van der Waals surface area contributed by atoms with Crippen LogP contribution in [0.5, 0.6) is 0 Å². The fraction of sp³-hybridized carbons (Fsp3) is 0.633. The third-order valence-corrected chi connectivity index (χ3v) is 8.98. The number of hydrogen-bond donors (Lipinski definition) is 1. The van der Waals surface area contributed by atoms with Gasteiger partial charge in [0.15, 0.2) is 17.3 Å². The molecule has 2 fully saturated rings. The van der Waals surface area contributed by atoms with Crippen LogP contribution in [-0.4, -0.2) is 48.7 Å². The topological polar surface area (TPSA) is 97.0 Å². The van der Waals surface area contributed by atoms with Crippen molar-refractivity contribution < 1.29 is 9.90 Å². The lowest BCUT2D eigenvalue weighted by molar-refractivity contribution is 0.0684. The third kappa shape index (κ3) is 5.14. The Morgan fingerprint density at radius 3 is 2.45 bits per heavy atom. The van der Waals surface area contributed by atoms with Gasteiger partial charge in [-0.2, -0.15) is 0 Å². The molecule has 0 aromatic carbocycles. The van der Waals surface area contributed by atoms with E-state index in [0.717, 1.165) is 29.5 Å². The molecular formula is C30H42N6O2. The van der Waals surface area contributed by atoms with E-state index in [1.54, 1.807) is 0 Å². The van der Waals surface area contributed by atoms with Crippen LogP contribution in [0.3, 0.4) is 0 Å². The van der Waals surface area contributed by atoms with E-state index in [1.165, 1.54) is 50.5 Å². The molecule has 2 aliphatic rings. The van der Waals surface area contributed by atoms with E-state index in [4.69, 9.17) is 9.97 Å². The Balaban J connectivity index is 1.70. The predicted octanol–water partition coefficient (Wildman–Crippen LogP) is 6.34. The van der Waals surface area contributed by atoms with Gasteiger partial charge in [0.1, 0.15) is 11.2 Å². The molecule has 2 saturated carbocycles. The molecule has 0 spiro atoms. The summed E-state index contributed by atoms with van der Waals surface area (Å²) in [5.74, 6) is 1.92. The molecule has 0 aliphatic heterocycles. The van der Waals surface area contributed by atoms with Crippen molar-refractivity contribution >= 4 is 23.0 Å². The second-order valence-electron chi connectivity index (χ2n) is 12.7. The smallest absolute Gasteiger partial charge is 0.374 e. The molecule has 0 amide bonds. The average Bonchev–Trinajstić information content (AvgIpc) is 3.21. The highest BCUT2D eigenvalue weighted by Crippen LogP contribution is 2.38. The molecule has 3 aromatic heterocycles. The van der Waals surface area contributed by atoms with Gasteiger partial charge in [0, 0.05) is 25.8 Å². The van der Waals surface area contributed by atoms with Crippen LogP contribution >= 0.6 is 0 Å². The maximum absolute atomic E-state index is 12.1. The molecule has 3 aromatic rings. The van der Waals surface area contributed by atoms with Gasteiger partial charge in [0.2, 0.25) is 5.82 Å². The van der Waals surface area contributed by atoms with Crippen molar-refractivity contribution in [2.45, 2.75) is 97.6 Å². The lowest BCUT2D eigenvalue weighted by Gasteiger charge is -2.38. The van der Waals surface area contributed by atoms with Crippen LogP contribution in [0.25, 0.3) is 22.7 Å². The summed E-state index contributed by atoms with van der Waals surface area (Å²) in [5.41, 5.74) is 3.19. The van der Waals surface area contributed by atoms with Crippen LogP contribution in [0.4, 0.5) is 5.82 Å². The molecule has 2 aliphatic carbocycles. The van der Waals surface area contributed by atoms with Gasteiger partial charge in [-0.05, 0) is 73.5 Å². The molecule has 8 nitrogen and oxygen atoms in total. The van der Waals surface area contributed by atoms with Crippen LogP contribution in [0.15, 0.2) is 18.3 Å². The van der Waals surface area contributed by atoms with Gasteiger partial charge in [-0.25, -0.2) is 19.7 Å². The first kappa shape index (κ1) is 26.6. The summed E-state index contributed by atoms with van der Waals surface area (Å²) in [7, 11) is 2.04. The molecule has 3 heterocycles. The van der Waals surface area contributed by atoms with Crippen LogP contribution in [-0.2, 0) is 12.0 Å². The molecular weight excluding hydrogens is 476 g/mol. The number of carboxylic acids is 1. The standard InChI is InChI=1S/C30H42N6O2/c1-18-10-12-20(13-11-18)17-36-24-25(33-27(36)23-16-22(14-15-31-23)30(3,4)5)32-26(29(37)38)34-28(24)35(6)19(2)21-8-7-9-21/h14-16,18-21H,7-13,17H2,1-6H3,(H,37,38)/t18-,19-,20-/m1/s1. The monoisotopic (exact) mass is 518 g/mol. The predicted molar refractivity (Wildman–Crippen MR) is 151 cm³/mol. The van der Waals surface area contributed by atoms with Gasteiger partial charge in [0.05, 0.1) is 0 Å². The molecule has 0 radical (unpaired) electrons. The first-order chi connectivity index (χ1) is 18.0. The van der Waals surface area contributed by atoms with Crippen LogP contribution in [0, 0.1) is 17.8 Å². The van der Waals surface area contributed by atoms with E-state index in [0.29, 0.717) is 23.3 Å². The largest absolute Gasteiger partial charge is 0.475 e. The summed E-state index contributed by atoms with van der Waals surface area (Å²) in [5, 5.41) is 9.87. The quantitative estimate of drug-likeness (QED) is 0.390.